The zero-order valence-corrected chi connectivity index (χ0v) is 13.0. The first-order valence-electron chi connectivity index (χ1n) is 7.18. The Labute approximate surface area is 121 Å². The van der Waals surface area contributed by atoms with Crippen LogP contribution < -0.4 is 5.32 Å². The van der Waals surface area contributed by atoms with Crippen LogP contribution in [0.15, 0.2) is 18.2 Å². The highest BCUT2D eigenvalue weighted by molar-refractivity contribution is 7.99. The van der Waals surface area contributed by atoms with E-state index < -0.39 is 0 Å². The maximum atomic E-state index is 9.97. The molecule has 0 bridgehead atoms. The van der Waals surface area contributed by atoms with Crippen LogP contribution in [-0.2, 0) is 0 Å². The van der Waals surface area contributed by atoms with Crippen molar-refractivity contribution in [2.24, 2.45) is 0 Å². The van der Waals surface area contributed by atoms with Gasteiger partial charge in [-0.1, -0.05) is 17.7 Å². The molecule has 1 aliphatic carbocycles. The second-order valence-corrected chi connectivity index (χ2v) is 6.80. The molecule has 3 heteroatoms. The fraction of sp³-hybridized carbons (Fsp3) is 0.625. The monoisotopic (exact) mass is 279 g/mol. The Kier molecular flexibility index (Phi) is 5.17. The molecule has 0 amide bonds. The molecule has 0 aromatic heterocycles. The first-order valence-corrected chi connectivity index (χ1v) is 8.47. The SMILES string of the molecule is CSC1CCC(NC(C)c2cc(C)ccc2O)CC1. The lowest BCUT2D eigenvalue weighted by Gasteiger charge is -2.30. The minimum atomic E-state index is 0.218. The van der Waals surface area contributed by atoms with Crippen molar-refractivity contribution in [2.75, 3.05) is 6.26 Å². The molecule has 1 saturated carbocycles. The topological polar surface area (TPSA) is 32.3 Å². The maximum Gasteiger partial charge on any atom is 0.120 e. The highest BCUT2D eigenvalue weighted by Crippen LogP contribution is 2.30. The van der Waals surface area contributed by atoms with Crippen molar-refractivity contribution in [1.29, 1.82) is 0 Å². The van der Waals surface area contributed by atoms with Crippen molar-refractivity contribution in [3.8, 4) is 5.75 Å². The number of rotatable bonds is 4. The van der Waals surface area contributed by atoms with Gasteiger partial charge in [-0.15, -0.1) is 0 Å². The maximum absolute atomic E-state index is 9.97. The van der Waals surface area contributed by atoms with Gasteiger partial charge in [0.15, 0.2) is 0 Å². The zero-order chi connectivity index (χ0) is 13.8. The van der Waals surface area contributed by atoms with Gasteiger partial charge in [0.1, 0.15) is 5.75 Å². The van der Waals surface area contributed by atoms with Crippen molar-refractivity contribution >= 4 is 11.8 Å². The quantitative estimate of drug-likeness (QED) is 0.873. The third-order valence-corrected chi connectivity index (χ3v) is 5.28. The third-order valence-electron chi connectivity index (χ3n) is 4.14. The first-order chi connectivity index (χ1) is 9.10. The van der Waals surface area contributed by atoms with E-state index in [9.17, 15) is 5.11 Å². The molecule has 1 aromatic carbocycles. The number of benzene rings is 1. The summed E-state index contributed by atoms with van der Waals surface area (Å²) in [5.41, 5.74) is 2.22. The summed E-state index contributed by atoms with van der Waals surface area (Å²) >= 11 is 2.00. The zero-order valence-electron chi connectivity index (χ0n) is 12.1. The second-order valence-electron chi connectivity index (χ2n) is 5.66. The van der Waals surface area contributed by atoms with Crippen molar-refractivity contribution < 1.29 is 5.11 Å². The van der Waals surface area contributed by atoms with Crippen molar-refractivity contribution in [3.05, 3.63) is 29.3 Å². The largest absolute Gasteiger partial charge is 0.508 e. The van der Waals surface area contributed by atoms with Gasteiger partial charge in [0.2, 0.25) is 0 Å². The molecule has 1 fully saturated rings. The number of aromatic hydroxyl groups is 1. The Morgan fingerprint density at radius 1 is 1.26 bits per heavy atom. The molecule has 0 radical (unpaired) electrons. The van der Waals surface area contributed by atoms with Crippen LogP contribution in [0, 0.1) is 6.92 Å². The molecule has 1 unspecified atom stereocenters. The molecule has 106 valence electrons. The Morgan fingerprint density at radius 3 is 2.58 bits per heavy atom. The summed E-state index contributed by atoms with van der Waals surface area (Å²) in [4.78, 5) is 0. The standard InChI is InChI=1S/C16H25NOS/c1-11-4-9-16(18)15(10-11)12(2)17-13-5-7-14(19-3)8-6-13/h4,9-10,12-14,17-18H,5-8H2,1-3H3. The molecule has 1 aromatic rings. The minimum Gasteiger partial charge on any atom is -0.508 e. The molecule has 1 atom stereocenters. The first kappa shape index (κ1) is 14.7. The number of aryl methyl sites for hydroxylation is 1. The Bertz CT molecular complexity index is 413. The van der Waals surface area contributed by atoms with Gasteiger partial charge in [-0.05, 0) is 51.9 Å². The van der Waals surface area contributed by atoms with E-state index >= 15 is 0 Å². The summed E-state index contributed by atoms with van der Waals surface area (Å²) in [6.45, 7) is 4.22. The van der Waals surface area contributed by atoms with E-state index in [4.69, 9.17) is 0 Å². The molecule has 2 rings (SSSR count). The van der Waals surface area contributed by atoms with Crippen LogP contribution >= 0.6 is 11.8 Å². The van der Waals surface area contributed by atoms with Gasteiger partial charge in [-0.3, -0.25) is 0 Å². The summed E-state index contributed by atoms with van der Waals surface area (Å²) in [6, 6.07) is 6.65. The van der Waals surface area contributed by atoms with Crippen LogP contribution in [0.3, 0.4) is 0 Å². The van der Waals surface area contributed by atoms with E-state index in [0.29, 0.717) is 11.8 Å². The van der Waals surface area contributed by atoms with E-state index in [1.165, 1.54) is 31.2 Å². The molecule has 19 heavy (non-hydrogen) atoms. The predicted molar refractivity (Wildman–Crippen MR) is 84.0 cm³/mol. The average molecular weight is 279 g/mol. The van der Waals surface area contributed by atoms with Gasteiger partial charge in [0.05, 0.1) is 0 Å². The Hall–Kier alpha value is -0.670. The lowest BCUT2D eigenvalue weighted by Crippen LogP contribution is -2.35. The molecule has 1 aliphatic rings. The second kappa shape index (κ2) is 6.67. The predicted octanol–water partition coefficient (Wildman–Crippen LogP) is 4.03. The van der Waals surface area contributed by atoms with Crippen LogP contribution in [0.1, 0.15) is 49.8 Å². The lowest BCUT2D eigenvalue weighted by molar-refractivity contribution is 0.347. The van der Waals surface area contributed by atoms with Crippen LogP contribution in [0.25, 0.3) is 0 Å². The smallest absolute Gasteiger partial charge is 0.120 e. The van der Waals surface area contributed by atoms with Crippen LogP contribution in [0.5, 0.6) is 5.75 Å². The number of phenols is 1. The summed E-state index contributed by atoms with van der Waals surface area (Å²) < 4.78 is 0. The molecule has 0 aliphatic heterocycles. The Morgan fingerprint density at radius 2 is 1.95 bits per heavy atom. The molecular weight excluding hydrogens is 254 g/mol. The van der Waals surface area contributed by atoms with Crippen LogP contribution in [-0.4, -0.2) is 22.7 Å². The highest BCUT2D eigenvalue weighted by Gasteiger charge is 2.22. The summed E-state index contributed by atoms with van der Waals surface area (Å²) in [7, 11) is 0. The fourth-order valence-corrected chi connectivity index (χ4v) is 3.67. The molecule has 0 heterocycles. The van der Waals surface area contributed by atoms with Gasteiger partial charge in [0, 0.05) is 22.9 Å². The number of nitrogens with one attached hydrogen (secondary N) is 1. The number of hydrogen-bond donors (Lipinski definition) is 2. The normalized spacial score (nSPS) is 25.2. The molecular formula is C16H25NOS. The van der Waals surface area contributed by atoms with Crippen molar-refractivity contribution in [3.63, 3.8) is 0 Å². The molecule has 0 spiro atoms. The minimum absolute atomic E-state index is 0.218. The van der Waals surface area contributed by atoms with Crippen molar-refractivity contribution in [1.82, 2.24) is 5.32 Å². The molecule has 0 saturated heterocycles. The van der Waals surface area contributed by atoms with E-state index in [2.05, 4.69) is 31.5 Å². The van der Waals surface area contributed by atoms with Gasteiger partial charge in [0.25, 0.3) is 0 Å². The highest BCUT2D eigenvalue weighted by atomic mass is 32.2. The van der Waals surface area contributed by atoms with Crippen LogP contribution in [0.2, 0.25) is 0 Å². The summed E-state index contributed by atoms with van der Waals surface area (Å²) in [5.74, 6) is 0.406. The average Bonchev–Trinajstić information content (AvgIpc) is 2.42. The molecule has 2 nitrogen and oxygen atoms in total. The van der Waals surface area contributed by atoms with E-state index in [-0.39, 0.29) is 6.04 Å². The number of thioether (sulfide) groups is 1. The van der Waals surface area contributed by atoms with Gasteiger partial charge < -0.3 is 10.4 Å². The Balaban J connectivity index is 1.94. The van der Waals surface area contributed by atoms with Crippen LogP contribution in [0.4, 0.5) is 0 Å². The fourth-order valence-electron chi connectivity index (χ4n) is 2.93. The third kappa shape index (κ3) is 3.90. The summed E-state index contributed by atoms with van der Waals surface area (Å²) in [5, 5.41) is 14.5. The van der Waals surface area contributed by atoms with Crippen molar-refractivity contribution in [2.45, 2.75) is 56.9 Å². The van der Waals surface area contributed by atoms with E-state index in [1.807, 2.05) is 17.8 Å². The lowest BCUT2D eigenvalue weighted by atomic mass is 9.93. The summed E-state index contributed by atoms with van der Waals surface area (Å²) in [6.07, 6.45) is 7.34. The number of hydrogen-bond acceptors (Lipinski definition) is 3. The number of phenolic OH excluding ortho intramolecular Hbond substituents is 1. The van der Waals surface area contributed by atoms with E-state index in [0.717, 1.165) is 10.8 Å². The van der Waals surface area contributed by atoms with Gasteiger partial charge in [-0.25, -0.2) is 0 Å². The van der Waals surface area contributed by atoms with Gasteiger partial charge in [-0.2, -0.15) is 11.8 Å². The van der Waals surface area contributed by atoms with Gasteiger partial charge >= 0.3 is 0 Å². The van der Waals surface area contributed by atoms with E-state index in [1.54, 1.807) is 6.07 Å². The molecule has 2 N–H and O–H groups in total.